The normalized spacial score (nSPS) is 14.7. The van der Waals surface area contributed by atoms with Gasteiger partial charge in [-0.25, -0.2) is 0 Å². The molecule has 0 bridgehead atoms. The number of hydrogen-bond acceptors (Lipinski definition) is 3. The van der Waals surface area contributed by atoms with E-state index in [1.807, 2.05) is 6.20 Å². The number of benzene rings is 5. The molecule has 306 valence electrons. The van der Waals surface area contributed by atoms with Crippen LogP contribution >= 0.6 is 0 Å². The molecule has 0 aliphatic carbocycles. The van der Waals surface area contributed by atoms with Gasteiger partial charge in [-0.1, -0.05) is 121 Å². The molecule has 0 fully saturated rings. The summed E-state index contributed by atoms with van der Waals surface area (Å²) in [6.07, 6.45) is 10.9. The second-order valence-electron chi connectivity index (χ2n) is 19.3. The minimum Gasteiger partial charge on any atom is -0.364 e. The number of rotatable bonds is 9. The number of allylic oxidation sites excluding steroid dienone is 1. The summed E-state index contributed by atoms with van der Waals surface area (Å²) in [7, 11) is 0. The lowest BCUT2D eigenvalue weighted by Crippen LogP contribution is -2.27. The van der Waals surface area contributed by atoms with Gasteiger partial charge in [-0.3, -0.25) is 4.98 Å². The molecule has 0 saturated carbocycles. The van der Waals surface area contributed by atoms with E-state index in [0.717, 1.165) is 18.5 Å². The van der Waals surface area contributed by atoms with Crippen LogP contribution in [0.4, 0.5) is 0 Å². The third-order valence-corrected chi connectivity index (χ3v) is 13.0. The van der Waals surface area contributed by atoms with Crippen LogP contribution in [0.1, 0.15) is 112 Å². The third-order valence-electron chi connectivity index (χ3n) is 13.0. The summed E-state index contributed by atoms with van der Waals surface area (Å²) in [6.45, 7) is 27.7. The number of aromatic nitrogens is 1. The van der Waals surface area contributed by atoms with Gasteiger partial charge in [-0.05, 0) is 178 Å². The van der Waals surface area contributed by atoms with Gasteiger partial charge in [0.25, 0.3) is 0 Å². The van der Waals surface area contributed by atoms with Crippen molar-refractivity contribution in [3.05, 3.63) is 165 Å². The molecular formula is C57H63N3. The average Bonchev–Trinajstić information content (AvgIpc) is 3.61. The number of nitrogens with zero attached hydrogens (tertiary/aromatic N) is 2. The molecule has 1 unspecified atom stereocenters. The van der Waals surface area contributed by atoms with E-state index in [4.69, 9.17) is 4.98 Å². The van der Waals surface area contributed by atoms with Crippen LogP contribution in [0.5, 0.6) is 0 Å². The summed E-state index contributed by atoms with van der Waals surface area (Å²) in [6, 6.07) is 34.4. The summed E-state index contributed by atoms with van der Waals surface area (Å²) < 4.78 is 0. The first-order valence-corrected chi connectivity index (χ1v) is 22.1. The maximum Gasteiger partial charge on any atom is 0.129 e. The van der Waals surface area contributed by atoms with Crippen LogP contribution in [0.3, 0.4) is 0 Å². The molecule has 6 aromatic rings. The molecular weight excluding hydrogens is 727 g/mol. The van der Waals surface area contributed by atoms with Crippen LogP contribution in [0.25, 0.3) is 61.8 Å². The van der Waals surface area contributed by atoms with Gasteiger partial charge in [0, 0.05) is 35.4 Å². The topological polar surface area (TPSA) is 28.2 Å². The first kappa shape index (κ1) is 41.1. The van der Waals surface area contributed by atoms with Crippen LogP contribution in [0.15, 0.2) is 115 Å². The highest BCUT2D eigenvalue weighted by Crippen LogP contribution is 2.47. The molecule has 2 aliphatic heterocycles. The fraction of sp³-hybridized carbons (Fsp3) is 0.316. The van der Waals surface area contributed by atoms with Gasteiger partial charge in [-0.2, -0.15) is 0 Å². The van der Waals surface area contributed by atoms with Crippen LogP contribution < -0.4 is 5.32 Å². The maximum atomic E-state index is 4.85. The minimum atomic E-state index is 0.0590. The van der Waals surface area contributed by atoms with Gasteiger partial charge in [-0.15, -0.1) is 0 Å². The molecule has 60 heavy (non-hydrogen) atoms. The van der Waals surface area contributed by atoms with Gasteiger partial charge in [0.1, 0.15) is 6.17 Å². The van der Waals surface area contributed by atoms with Crippen molar-refractivity contribution in [2.24, 2.45) is 11.8 Å². The number of nitrogens with one attached hydrogen (secondary N) is 1. The van der Waals surface area contributed by atoms with Crippen molar-refractivity contribution in [3.63, 3.8) is 0 Å². The van der Waals surface area contributed by atoms with Gasteiger partial charge >= 0.3 is 0 Å². The van der Waals surface area contributed by atoms with E-state index < -0.39 is 0 Å². The first-order chi connectivity index (χ1) is 28.6. The molecule has 1 aromatic heterocycles. The number of pyridine rings is 1. The second kappa shape index (κ2) is 16.1. The van der Waals surface area contributed by atoms with Crippen molar-refractivity contribution < 1.29 is 0 Å². The van der Waals surface area contributed by atoms with E-state index in [2.05, 4.69) is 203 Å². The summed E-state index contributed by atoms with van der Waals surface area (Å²) in [5, 5.41) is 3.71. The van der Waals surface area contributed by atoms with Gasteiger partial charge in [0.2, 0.25) is 0 Å². The maximum absolute atomic E-state index is 4.85. The van der Waals surface area contributed by atoms with Crippen LogP contribution in [0.2, 0.25) is 0 Å². The van der Waals surface area contributed by atoms with Gasteiger partial charge in [0.15, 0.2) is 0 Å². The van der Waals surface area contributed by atoms with E-state index in [1.165, 1.54) is 106 Å². The summed E-state index contributed by atoms with van der Waals surface area (Å²) in [4.78, 5) is 7.15. The van der Waals surface area contributed by atoms with Crippen molar-refractivity contribution in [2.75, 3.05) is 0 Å². The van der Waals surface area contributed by atoms with E-state index in [1.54, 1.807) is 0 Å². The average molecular weight is 790 g/mol. The predicted octanol–water partition coefficient (Wildman–Crippen LogP) is 15.1. The van der Waals surface area contributed by atoms with Crippen molar-refractivity contribution in [1.29, 1.82) is 0 Å². The summed E-state index contributed by atoms with van der Waals surface area (Å²) in [5.41, 5.74) is 26.2. The Morgan fingerprint density at radius 1 is 0.633 bits per heavy atom. The van der Waals surface area contributed by atoms with E-state index >= 15 is 0 Å². The van der Waals surface area contributed by atoms with Crippen molar-refractivity contribution in [3.8, 4) is 55.8 Å². The Labute approximate surface area is 360 Å². The highest BCUT2D eigenvalue weighted by atomic mass is 15.3. The quantitative estimate of drug-likeness (QED) is 0.158. The fourth-order valence-electron chi connectivity index (χ4n) is 9.82. The zero-order valence-electron chi connectivity index (χ0n) is 38.0. The standard InChI is InChI=1S/C57H63N3/c1-34(2)29-42-31-41(53-32-43(25-27-58-53)57(10,11)12)21-22-44(42)45-17-13-15-19-49(45)54-37(6)39(8)55(40(9)38(54)7)50-20-16-14-18-46(50)47-23-24-51-48(52(47)30-35(3)4)26-28-60-33-36(5)59-56(51)60/h13-28,31-35,56,59H,29-30H2,1-12H3. The molecule has 3 heterocycles. The van der Waals surface area contributed by atoms with Gasteiger partial charge in [0.05, 0.1) is 5.69 Å². The highest BCUT2D eigenvalue weighted by Gasteiger charge is 2.30. The largest absolute Gasteiger partial charge is 0.364 e. The zero-order chi connectivity index (χ0) is 42.6. The third kappa shape index (κ3) is 7.53. The lowest BCUT2D eigenvalue weighted by atomic mass is 9.78. The van der Waals surface area contributed by atoms with E-state index in [-0.39, 0.29) is 11.6 Å². The monoisotopic (exact) mass is 790 g/mol. The molecule has 0 saturated heterocycles. The zero-order valence-corrected chi connectivity index (χ0v) is 38.0. The molecule has 0 amide bonds. The Hall–Kier alpha value is -5.67. The fourth-order valence-corrected chi connectivity index (χ4v) is 9.82. The Morgan fingerprint density at radius 2 is 1.20 bits per heavy atom. The van der Waals surface area contributed by atoms with Crippen LogP contribution in [0, 0.1) is 39.5 Å². The van der Waals surface area contributed by atoms with Crippen molar-refractivity contribution in [2.45, 2.75) is 108 Å². The molecule has 8 rings (SSSR count). The first-order valence-electron chi connectivity index (χ1n) is 22.1. The minimum absolute atomic E-state index is 0.0590. The van der Waals surface area contributed by atoms with Crippen LogP contribution in [-0.2, 0) is 18.3 Å². The molecule has 1 atom stereocenters. The number of hydrogen-bond donors (Lipinski definition) is 1. The van der Waals surface area contributed by atoms with E-state index in [0.29, 0.717) is 11.8 Å². The summed E-state index contributed by atoms with van der Waals surface area (Å²) >= 11 is 0. The predicted molar refractivity (Wildman–Crippen MR) is 257 cm³/mol. The summed E-state index contributed by atoms with van der Waals surface area (Å²) in [5.74, 6) is 1.03. The van der Waals surface area contributed by atoms with Crippen molar-refractivity contribution in [1.82, 2.24) is 15.2 Å². The Morgan fingerprint density at radius 3 is 1.78 bits per heavy atom. The van der Waals surface area contributed by atoms with E-state index in [9.17, 15) is 0 Å². The molecule has 0 radical (unpaired) electrons. The SMILES string of the molecule is CC1=CN2C=Cc3c(ccc(-c4ccccc4-c4c(C)c(C)c(-c5ccccc5-c5ccc(-c6cc(C(C)(C)C)ccn6)cc5CC(C)C)c(C)c4C)c3CC(C)C)C2N1. The molecule has 2 aliphatic rings. The Balaban J connectivity index is 1.26. The molecule has 3 nitrogen and oxygen atoms in total. The molecule has 3 heteroatoms. The van der Waals surface area contributed by atoms with Gasteiger partial charge < -0.3 is 10.2 Å². The van der Waals surface area contributed by atoms with Crippen LogP contribution in [-0.4, -0.2) is 9.88 Å². The Bertz CT molecular complexity index is 2650. The highest BCUT2D eigenvalue weighted by molar-refractivity contribution is 5.95. The Kier molecular flexibility index (Phi) is 11.0. The molecule has 5 aromatic carbocycles. The lowest BCUT2D eigenvalue weighted by Gasteiger charge is -2.31. The lowest BCUT2D eigenvalue weighted by molar-refractivity contribution is 0.370. The second-order valence-corrected chi connectivity index (χ2v) is 19.3. The smallest absolute Gasteiger partial charge is 0.129 e. The molecule has 0 spiro atoms. The molecule has 1 N–H and O–H groups in total. The van der Waals surface area contributed by atoms with Crippen molar-refractivity contribution >= 4 is 6.08 Å². The number of fused-ring (bicyclic) bond motifs is 3.